The number of carboxylic acid groups (broad SMARTS) is 1. The van der Waals surface area contributed by atoms with Gasteiger partial charge in [0.2, 0.25) is 0 Å². The summed E-state index contributed by atoms with van der Waals surface area (Å²) in [7, 11) is 1.45. The third-order valence-electron chi connectivity index (χ3n) is 5.02. The van der Waals surface area contributed by atoms with Crippen LogP contribution in [0, 0.1) is 0 Å². The van der Waals surface area contributed by atoms with Gasteiger partial charge in [-0.3, -0.25) is 14.5 Å². The summed E-state index contributed by atoms with van der Waals surface area (Å²) < 4.78 is 31.3. The van der Waals surface area contributed by atoms with E-state index in [0.29, 0.717) is 11.1 Å². The van der Waals surface area contributed by atoms with E-state index in [1.165, 1.54) is 36.0 Å². The van der Waals surface area contributed by atoms with Crippen molar-refractivity contribution < 1.29 is 33.3 Å². The van der Waals surface area contributed by atoms with Crippen LogP contribution in [0.3, 0.4) is 0 Å². The molecule has 0 spiro atoms. The molecule has 3 N–H and O–H groups in total. The first-order valence-electron chi connectivity index (χ1n) is 10.5. The maximum absolute atomic E-state index is 13.0. The normalized spacial score (nSPS) is 10.4. The van der Waals surface area contributed by atoms with Gasteiger partial charge in [0.05, 0.1) is 12.1 Å². The van der Waals surface area contributed by atoms with Crippen LogP contribution in [0.5, 0.6) is 11.5 Å². The van der Waals surface area contributed by atoms with E-state index in [1.807, 2.05) is 0 Å². The maximum atomic E-state index is 13.0. The summed E-state index contributed by atoms with van der Waals surface area (Å²) in [6, 6.07) is 13.1. The van der Waals surface area contributed by atoms with Crippen LogP contribution in [0.1, 0.15) is 17.5 Å². The molecule has 2 aromatic carbocycles. The molecule has 0 saturated carbocycles. The molecule has 0 atom stereocenters. The number of nitrogens with zero attached hydrogens (tertiary/aromatic N) is 2. The second-order valence-electron chi connectivity index (χ2n) is 7.51. The summed E-state index contributed by atoms with van der Waals surface area (Å²) in [5.41, 5.74) is 0.270. The Morgan fingerprint density at radius 3 is 2.56 bits per heavy atom. The van der Waals surface area contributed by atoms with Crippen molar-refractivity contribution in [3.63, 3.8) is 0 Å². The Kier molecular flexibility index (Phi) is 10.5. The molecular weight excluding hydrogens is 487 g/mol. The van der Waals surface area contributed by atoms with Gasteiger partial charge in [0, 0.05) is 26.2 Å². The van der Waals surface area contributed by atoms with Gasteiger partial charge in [-0.25, -0.2) is 4.79 Å². The number of alkyl halides is 2. The summed E-state index contributed by atoms with van der Waals surface area (Å²) in [5.74, 6) is -1.57. The SMILES string of the molecule is Cn1ccc(O)c(N(C(=O)NCCC(=O)O)c2cccc(Cc3ccccc3OC(F)F)c2)c1=O.[NaH]. The zero-order valence-electron chi connectivity index (χ0n) is 18.6. The molecule has 12 heteroatoms. The Labute approximate surface area is 227 Å². The van der Waals surface area contributed by atoms with Crippen LogP contribution in [0.15, 0.2) is 65.6 Å². The summed E-state index contributed by atoms with van der Waals surface area (Å²) in [6.45, 7) is -3.21. The first-order chi connectivity index (χ1) is 16.7. The Hall–Kier alpha value is -3.41. The van der Waals surface area contributed by atoms with Crippen LogP contribution in [-0.4, -0.2) is 69.5 Å². The second kappa shape index (κ2) is 13.1. The zero-order chi connectivity index (χ0) is 25.5. The number of hydrogen-bond acceptors (Lipinski definition) is 5. The van der Waals surface area contributed by atoms with Crippen molar-refractivity contribution in [1.82, 2.24) is 9.88 Å². The summed E-state index contributed by atoms with van der Waals surface area (Å²) in [4.78, 5) is 37.6. The number of aryl methyl sites for hydroxylation is 1. The number of aliphatic carboxylic acids is 1. The number of aromatic hydroxyl groups is 1. The fourth-order valence-electron chi connectivity index (χ4n) is 3.41. The van der Waals surface area contributed by atoms with Crippen LogP contribution < -0.4 is 20.5 Å². The summed E-state index contributed by atoms with van der Waals surface area (Å²) in [5, 5.41) is 21.7. The zero-order valence-corrected chi connectivity index (χ0v) is 18.6. The molecule has 0 aliphatic carbocycles. The number of para-hydroxylation sites is 1. The average Bonchev–Trinajstić information content (AvgIpc) is 2.80. The number of nitrogens with one attached hydrogen (secondary N) is 1. The van der Waals surface area contributed by atoms with E-state index in [1.54, 1.807) is 36.4 Å². The summed E-state index contributed by atoms with van der Waals surface area (Å²) in [6.07, 6.45) is 1.15. The molecule has 0 aliphatic rings. The molecule has 1 heterocycles. The number of carboxylic acids is 1. The monoisotopic (exact) mass is 511 g/mol. The number of hydrogen-bond donors (Lipinski definition) is 3. The van der Waals surface area contributed by atoms with E-state index < -0.39 is 29.9 Å². The van der Waals surface area contributed by atoms with E-state index in [-0.39, 0.29) is 66.1 Å². The molecule has 1 aromatic heterocycles. The molecule has 0 bridgehead atoms. The van der Waals surface area contributed by atoms with E-state index in [4.69, 9.17) is 5.11 Å². The van der Waals surface area contributed by atoms with Gasteiger partial charge in [0.25, 0.3) is 5.56 Å². The van der Waals surface area contributed by atoms with Crippen molar-refractivity contribution in [3.05, 3.63) is 82.3 Å². The molecule has 3 rings (SSSR count). The second-order valence-corrected chi connectivity index (χ2v) is 7.51. The van der Waals surface area contributed by atoms with Crippen LogP contribution in [0.2, 0.25) is 0 Å². The van der Waals surface area contributed by atoms with Crippen LogP contribution >= 0.6 is 0 Å². The summed E-state index contributed by atoms with van der Waals surface area (Å²) >= 11 is 0. The molecule has 0 saturated heterocycles. The number of carbonyl (C=O) groups excluding carboxylic acids is 1. The molecule has 0 fully saturated rings. The Balaban J connectivity index is 0.00000456. The third-order valence-corrected chi connectivity index (χ3v) is 5.02. The van der Waals surface area contributed by atoms with Gasteiger partial charge in [0.1, 0.15) is 11.5 Å². The number of aromatic nitrogens is 1. The predicted molar refractivity (Wildman–Crippen MR) is 131 cm³/mol. The molecule has 2 amide bonds. The fraction of sp³-hybridized carbons (Fsp3) is 0.208. The van der Waals surface area contributed by atoms with E-state index in [2.05, 4.69) is 10.1 Å². The minimum atomic E-state index is -3.00. The van der Waals surface area contributed by atoms with Crippen LogP contribution in [-0.2, 0) is 18.3 Å². The molecule has 3 aromatic rings. The standard InChI is InChI=1S/C24H23F2N3O6.Na.H/c1-28-12-10-18(30)21(22(28)33)29(24(34)27-11-9-20(31)32)17-7-4-5-15(14-17)13-16-6-2-3-8-19(16)35-23(25)26;;/h2-8,10,12,14,23,30H,9,11,13H2,1H3,(H,27,34)(H,31,32);;. The van der Waals surface area contributed by atoms with Gasteiger partial charge in [-0.2, -0.15) is 8.78 Å². The Morgan fingerprint density at radius 2 is 1.86 bits per heavy atom. The molecule has 36 heavy (non-hydrogen) atoms. The van der Waals surface area contributed by atoms with Gasteiger partial charge < -0.3 is 24.8 Å². The van der Waals surface area contributed by atoms with Crippen molar-refractivity contribution in [1.29, 1.82) is 0 Å². The van der Waals surface area contributed by atoms with Crippen molar-refractivity contribution in [3.8, 4) is 11.5 Å². The van der Waals surface area contributed by atoms with Gasteiger partial charge >= 0.3 is 48.2 Å². The molecule has 0 unspecified atom stereocenters. The topological polar surface area (TPSA) is 121 Å². The van der Waals surface area contributed by atoms with E-state index >= 15 is 0 Å². The number of anilines is 2. The third kappa shape index (κ3) is 7.30. The molecule has 9 nitrogen and oxygen atoms in total. The Morgan fingerprint density at radius 1 is 1.14 bits per heavy atom. The Bertz CT molecular complexity index is 1280. The van der Waals surface area contributed by atoms with Gasteiger partial charge in [-0.1, -0.05) is 30.3 Å². The van der Waals surface area contributed by atoms with Crippen molar-refractivity contribution >= 4 is 52.9 Å². The predicted octanol–water partition coefficient (Wildman–Crippen LogP) is 2.96. The van der Waals surface area contributed by atoms with Crippen molar-refractivity contribution in [2.75, 3.05) is 11.4 Å². The van der Waals surface area contributed by atoms with Gasteiger partial charge in [-0.15, -0.1) is 0 Å². The minimum absolute atomic E-state index is 0. The van der Waals surface area contributed by atoms with Crippen LogP contribution in [0.25, 0.3) is 0 Å². The van der Waals surface area contributed by atoms with Crippen LogP contribution in [0.4, 0.5) is 25.0 Å². The number of halogens is 2. The number of amides is 2. The number of urea groups is 1. The van der Waals surface area contributed by atoms with E-state index in [0.717, 1.165) is 4.90 Å². The first kappa shape index (κ1) is 28.8. The molecule has 0 aliphatic heterocycles. The number of benzene rings is 2. The fourth-order valence-corrected chi connectivity index (χ4v) is 3.41. The van der Waals surface area contributed by atoms with E-state index in [9.17, 15) is 28.3 Å². The molecule has 186 valence electrons. The van der Waals surface area contributed by atoms with Crippen molar-refractivity contribution in [2.45, 2.75) is 19.5 Å². The number of ether oxygens (including phenoxy) is 1. The van der Waals surface area contributed by atoms with Crippen molar-refractivity contribution in [2.24, 2.45) is 7.05 Å². The number of rotatable bonds is 9. The molecular formula is C24H24F2N3NaO6. The number of carbonyl (C=O) groups is 2. The first-order valence-corrected chi connectivity index (χ1v) is 10.5. The number of pyridine rings is 1. The average molecular weight is 511 g/mol. The van der Waals surface area contributed by atoms with Gasteiger partial charge in [0.15, 0.2) is 5.69 Å². The quantitative estimate of drug-likeness (QED) is 0.380. The van der Waals surface area contributed by atoms with Gasteiger partial charge in [-0.05, 0) is 35.4 Å². The molecule has 0 radical (unpaired) electrons.